The van der Waals surface area contributed by atoms with Crippen LogP contribution in [0.25, 0.3) is 0 Å². The van der Waals surface area contributed by atoms with Crippen LogP contribution in [0.1, 0.15) is 26.2 Å². The van der Waals surface area contributed by atoms with E-state index < -0.39 is 0 Å². The molecule has 1 aliphatic rings. The predicted molar refractivity (Wildman–Crippen MR) is 53.3 cm³/mol. The van der Waals surface area contributed by atoms with Crippen LogP contribution >= 0.6 is 0 Å². The molecule has 0 spiro atoms. The highest BCUT2D eigenvalue weighted by atomic mass is 16.2. The molecule has 1 fully saturated rings. The zero-order chi connectivity index (χ0) is 11.4. The van der Waals surface area contributed by atoms with Crippen molar-refractivity contribution < 1.29 is 9.59 Å². The fourth-order valence-corrected chi connectivity index (χ4v) is 1.86. The average Bonchev–Trinajstić information content (AvgIpc) is 2.18. The van der Waals surface area contributed by atoms with Crippen molar-refractivity contribution in [2.24, 2.45) is 11.7 Å². The number of rotatable bonds is 2. The molecule has 0 bridgehead atoms. The third kappa shape index (κ3) is 2.69. The van der Waals surface area contributed by atoms with E-state index in [1.807, 2.05) is 13.0 Å². The van der Waals surface area contributed by atoms with Gasteiger partial charge in [0.15, 0.2) is 0 Å². The summed E-state index contributed by atoms with van der Waals surface area (Å²) in [6, 6.07) is 1.92. The Kier molecular flexibility index (Phi) is 3.67. The van der Waals surface area contributed by atoms with Gasteiger partial charge in [-0.15, -0.1) is 0 Å². The van der Waals surface area contributed by atoms with Crippen LogP contribution in [0.4, 0.5) is 0 Å². The monoisotopic (exact) mass is 209 g/mol. The molecule has 2 atom stereocenters. The van der Waals surface area contributed by atoms with Crippen LogP contribution in [-0.2, 0) is 9.59 Å². The highest BCUT2D eigenvalue weighted by Gasteiger charge is 2.31. The lowest BCUT2D eigenvalue weighted by Gasteiger charge is -2.36. The second-order valence-corrected chi connectivity index (χ2v) is 3.91. The molecule has 1 saturated heterocycles. The van der Waals surface area contributed by atoms with Gasteiger partial charge in [-0.2, -0.15) is 5.26 Å². The number of primary amides is 1. The van der Waals surface area contributed by atoms with Crippen LogP contribution in [0.2, 0.25) is 0 Å². The molecule has 0 aromatic rings. The maximum Gasteiger partial charge on any atom is 0.237 e. The number of amides is 2. The minimum atomic E-state index is -0.364. The Morgan fingerprint density at radius 2 is 2.20 bits per heavy atom. The van der Waals surface area contributed by atoms with Crippen molar-refractivity contribution in [3.05, 3.63) is 0 Å². The summed E-state index contributed by atoms with van der Waals surface area (Å²) in [5.41, 5.74) is 5.21. The third-order valence-corrected chi connectivity index (χ3v) is 2.84. The minimum absolute atomic E-state index is 0.0986. The van der Waals surface area contributed by atoms with E-state index in [1.54, 1.807) is 4.90 Å². The molecule has 15 heavy (non-hydrogen) atoms. The Morgan fingerprint density at radius 1 is 1.53 bits per heavy atom. The van der Waals surface area contributed by atoms with Crippen LogP contribution in [0, 0.1) is 17.2 Å². The van der Waals surface area contributed by atoms with Gasteiger partial charge in [0.05, 0.1) is 12.0 Å². The quantitative estimate of drug-likeness (QED) is 0.695. The first-order chi connectivity index (χ1) is 7.06. The molecule has 0 aromatic heterocycles. The van der Waals surface area contributed by atoms with Crippen LogP contribution in [0.5, 0.6) is 0 Å². The first-order valence-electron chi connectivity index (χ1n) is 5.02. The summed E-state index contributed by atoms with van der Waals surface area (Å²) >= 11 is 0. The molecule has 2 amide bonds. The lowest BCUT2D eigenvalue weighted by Crippen LogP contribution is -2.48. The topological polar surface area (TPSA) is 87.2 Å². The predicted octanol–water partition coefficient (Wildman–Crippen LogP) is 0.0125. The summed E-state index contributed by atoms with van der Waals surface area (Å²) in [7, 11) is 0. The molecule has 0 saturated carbocycles. The summed E-state index contributed by atoms with van der Waals surface area (Å²) in [5, 5.41) is 8.44. The first kappa shape index (κ1) is 11.5. The number of carbonyl (C=O) groups excluding carboxylic acids is 2. The molecule has 1 heterocycles. The van der Waals surface area contributed by atoms with Crippen molar-refractivity contribution in [2.45, 2.75) is 32.2 Å². The fourth-order valence-electron chi connectivity index (χ4n) is 1.86. The Morgan fingerprint density at radius 3 is 2.73 bits per heavy atom. The SMILES string of the molecule is CC1CCC(C(N)=O)CN1C(=O)CC#N. The van der Waals surface area contributed by atoms with Crippen molar-refractivity contribution in [1.29, 1.82) is 5.26 Å². The van der Waals surface area contributed by atoms with Crippen molar-refractivity contribution in [3.8, 4) is 6.07 Å². The molecule has 2 unspecified atom stereocenters. The number of hydrogen-bond donors (Lipinski definition) is 1. The molecule has 1 rings (SSSR count). The Hall–Kier alpha value is -1.57. The van der Waals surface area contributed by atoms with Crippen LogP contribution < -0.4 is 5.73 Å². The molecule has 1 aliphatic heterocycles. The van der Waals surface area contributed by atoms with E-state index in [0.29, 0.717) is 6.54 Å². The van der Waals surface area contributed by atoms with Crippen molar-refractivity contribution in [1.82, 2.24) is 4.90 Å². The van der Waals surface area contributed by atoms with Gasteiger partial charge in [0.1, 0.15) is 6.42 Å². The third-order valence-electron chi connectivity index (χ3n) is 2.84. The first-order valence-corrected chi connectivity index (χ1v) is 5.02. The number of piperidine rings is 1. The summed E-state index contributed by atoms with van der Waals surface area (Å²) in [6.45, 7) is 2.28. The normalized spacial score (nSPS) is 25.7. The largest absolute Gasteiger partial charge is 0.369 e. The summed E-state index contributed by atoms with van der Waals surface area (Å²) < 4.78 is 0. The van der Waals surface area contributed by atoms with Crippen molar-refractivity contribution in [2.75, 3.05) is 6.54 Å². The second-order valence-electron chi connectivity index (χ2n) is 3.91. The lowest BCUT2D eigenvalue weighted by molar-refractivity contribution is -0.136. The zero-order valence-corrected chi connectivity index (χ0v) is 8.77. The summed E-state index contributed by atoms with van der Waals surface area (Å²) in [4.78, 5) is 24.1. The van der Waals surface area contributed by atoms with E-state index in [9.17, 15) is 9.59 Å². The molecule has 5 nitrogen and oxygen atoms in total. The number of nitrogens with two attached hydrogens (primary N) is 1. The van der Waals surface area contributed by atoms with Gasteiger partial charge in [0, 0.05) is 12.6 Å². The number of nitrogens with zero attached hydrogens (tertiary/aromatic N) is 2. The van der Waals surface area contributed by atoms with Gasteiger partial charge in [-0.25, -0.2) is 0 Å². The highest BCUT2D eigenvalue weighted by molar-refractivity contribution is 5.81. The summed E-state index contributed by atoms with van der Waals surface area (Å²) in [5.74, 6) is -0.837. The molecular formula is C10H15N3O2. The Labute approximate surface area is 88.8 Å². The van der Waals surface area contributed by atoms with Crippen LogP contribution in [0.15, 0.2) is 0 Å². The molecule has 2 N–H and O–H groups in total. The number of nitriles is 1. The second kappa shape index (κ2) is 4.78. The standard InChI is InChI=1S/C10H15N3O2/c1-7-2-3-8(10(12)15)6-13(7)9(14)4-5-11/h7-8H,2-4,6H2,1H3,(H2,12,15). The zero-order valence-electron chi connectivity index (χ0n) is 8.77. The number of likely N-dealkylation sites (tertiary alicyclic amines) is 1. The van der Waals surface area contributed by atoms with E-state index in [0.717, 1.165) is 12.8 Å². The van der Waals surface area contributed by atoms with Gasteiger partial charge in [-0.1, -0.05) is 0 Å². The van der Waals surface area contributed by atoms with E-state index >= 15 is 0 Å². The summed E-state index contributed by atoms with van der Waals surface area (Å²) in [6.07, 6.45) is 1.37. The molecule has 5 heteroatoms. The maximum absolute atomic E-state index is 11.5. The van der Waals surface area contributed by atoms with E-state index in [4.69, 9.17) is 11.0 Å². The van der Waals surface area contributed by atoms with E-state index in [-0.39, 0.29) is 30.2 Å². The molecule has 0 aromatic carbocycles. The van der Waals surface area contributed by atoms with Crippen LogP contribution in [-0.4, -0.2) is 29.3 Å². The minimum Gasteiger partial charge on any atom is -0.369 e. The Balaban J connectivity index is 2.65. The lowest BCUT2D eigenvalue weighted by atomic mass is 9.93. The molecule has 0 radical (unpaired) electrons. The molecule has 0 aliphatic carbocycles. The average molecular weight is 209 g/mol. The van der Waals surface area contributed by atoms with E-state index in [1.165, 1.54) is 0 Å². The van der Waals surface area contributed by atoms with E-state index in [2.05, 4.69) is 0 Å². The van der Waals surface area contributed by atoms with Gasteiger partial charge in [-0.05, 0) is 19.8 Å². The highest BCUT2D eigenvalue weighted by Crippen LogP contribution is 2.22. The number of hydrogen-bond acceptors (Lipinski definition) is 3. The maximum atomic E-state index is 11.5. The number of carbonyl (C=O) groups is 2. The Bertz CT molecular complexity index is 308. The fraction of sp³-hybridized carbons (Fsp3) is 0.700. The molecular weight excluding hydrogens is 194 g/mol. The van der Waals surface area contributed by atoms with Crippen molar-refractivity contribution >= 4 is 11.8 Å². The van der Waals surface area contributed by atoms with Gasteiger partial charge in [0.2, 0.25) is 11.8 Å². The van der Waals surface area contributed by atoms with Gasteiger partial charge < -0.3 is 10.6 Å². The molecule has 82 valence electrons. The van der Waals surface area contributed by atoms with Gasteiger partial charge in [0.25, 0.3) is 0 Å². The van der Waals surface area contributed by atoms with Gasteiger partial charge >= 0.3 is 0 Å². The van der Waals surface area contributed by atoms with Gasteiger partial charge in [-0.3, -0.25) is 9.59 Å². The smallest absolute Gasteiger partial charge is 0.237 e. The van der Waals surface area contributed by atoms with Crippen LogP contribution in [0.3, 0.4) is 0 Å². The van der Waals surface area contributed by atoms with Crippen molar-refractivity contribution in [3.63, 3.8) is 0 Å².